The number of benzene rings is 2. The summed E-state index contributed by atoms with van der Waals surface area (Å²) in [6, 6.07) is 13.6. The van der Waals surface area contributed by atoms with Gasteiger partial charge in [0.2, 0.25) is 0 Å². The average molecular weight is 370 g/mol. The van der Waals surface area contributed by atoms with Gasteiger partial charge < -0.3 is 19.5 Å². The molecule has 1 amide bonds. The molecule has 1 fully saturated rings. The van der Waals surface area contributed by atoms with Crippen LogP contribution in [-0.2, 0) is 0 Å². The minimum Gasteiger partial charge on any atom is -0.497 e. The van der Waals surface area contributed by atoms with E-state index in [0.29, 0.717) is 23.7 Å². The summed E-state index contributed by atoms with van der Waals surface area (Å²) in [5.41, 5.74) is 2.76. The fraction of sp³-hybridized carbons (Fsp3) is 0.250. The molecule has 0 unspecified atom stereocenters. The fourth-order valence-electron chi connectivity index (χ4n) is 3.40. The maximum absolute atomic E-state index is 12.9. The number of aromatic nitrogens is 1. The van der Waals surface area contributed by atoms with E-state index >= 15 is 0 Å². The number of ether oxygens (including phenoxy) is 1. The number of carbonyl (C=O) groups is 1. The highest BCUT2D eigenvalue weighted by molar-refractivity contribution is 6.31. The Kier molecular flexibility index (Phi) is 4.47. The van der Waals surface area contributed by atoms with Crippen LogP contribution in [0.2, 0.25) is 5.02 Å². The largest absolute Gasteiger partial charge is 0.497 e. The predicted molar refractivity (Wildman–Crippen MR) is 104 cm³/mol. The number of halogens is 1. The first kappa shape index (κ1) is 16.8. The summed E-state index contributed by atoms with van der Waals surface area (Å²) in [4.78, 5) is 20.3. The lowest BCUT2D eigenvalue weighted by Crippen LogP contribution is -2.48. The maximum Gasteiger partial charge on any atom is 0.256 e. The predicted octanol–water partition coefficient (Wildman–Crippen LogP) is 3.79. The zero-order chi connectivity index (χ0) is 18.1. The van der Waals surface area contributed by atoms with Gasteiger partial charge in [-0.2, -0.15) is 0 Å². The molecule has 1 aliphatic rings. The third-order valence-corrected chi connectivity index (χ3v) is 5.11. The molecular weight excluding hydrogens is 350 g/mol. The van der Waals surface area contributed by atoms with Crippen LogP contribution in [0.1, 0.15) is 10.4 Å². The average Bonchev–Trinajstić information content (AvgIpc) is 3.10. The molecule has 5 nitrogen and oxygen atoms in total. The first-order valence-electron chi connectivity index (χ1n) is 8.60. The van der Waals surface area contributed by atoms with Crippen molar-refractivity contribution < 1.29 is 9.53 Å². The highest BCUT2D eigenvalue weighted by Crippen LogP contribution is 2.25. The molecule has 3 aromatic rings. The van der Waals surface area contributed by atoms with Crippen molar-refractivity contribution in [3.8, 4) is 5.75 Å². The standard InChI is InChI=1S/C20H20ClN3O2/c1-26-16-5-3-15(4-6-16)23-8-10-24(11-9-23)20(25)18-13-22-19-7-2-14(21)12-17(18)19/h2-7,12-13,22H,8-11H2,1H3. The van der Waals surface area contributed by atoms with Gasteiger partial charge in [0, 0.05) is 54.0 Å². The van der Waals surface area contributed by atoms with Gasteiger partial charge in [0.15, 0.2) is 0 Å². The number of fused-ring (bicyclic) bond motifs is 1. The Balaban J connectivity index is 1.46. The molecule has 1 N–H and O–H groups in total. The third kappa shape index (κ3) is 3.10. The number of amides is 1. The summed E-state index contributed by atoms with van der Waals surface area (Å²) in [7, 11) is 1.66. The highest BCUT2D eigenvalue weighted by atomic mass is 35.5. The van der Waals surface area contributed by atoms with Gasteiger partial charge in [0.1, 0.15) is 5.75 Å². The zero-order valence-corrected chi connectivity index (χ0v) is 15.3. The number of aromatic amines is 1. The number of carbonyl (C=O) groups excluding carboxylic acids is 1. The van der Waals surface area contributed by atoms with E-state index in [0.717, 1.165) is 35.4 Å². The van der Waals surface area contributed by atoms with Crippen LogP contribution >= 0.6 is 11.6 Å². The molecule has 0 spiro atoms. The van der Waals surface area contributed by atoms with Crippen LogP contribution in [0.3, 0.4) is 0 Å². The molecule has 6 heteroatoms. The second-order valence-corrected chi connectivity index (χ2v) is 6.81. The quantitative estimate of drug-likeness (QED) is 0.764. The van der Waals surface area contributed by atoms with E-state index in [9.17, 15) is 4.79 Å². The van der Waals surface area contributed by atoms with Crippen LogP contribution in [0.25, 0.3) is 10.9 Å². The monoisotopic (exact) mass is 369 g/mol. The molecule has 0 bridgehead atoms. The Bertz CT molecular complexity index is 928. The van der Waals surface area contributed by atoms with Crippen molar-refractivity contribution in [3.63, 3.8) is 0 Å². The second-order valence-electron chi connectivity index (χ2n) is 6.37. The number of hydrogen-bond donors (Lipinski definition) is 1. The van der Waals surface area contributed by atoms with Gasteiger partial charge >= 0.3 is 0 Å². The SMILES string of the molecule is COc1ccc(N2CCN(C(=O)c3c[nH]c4ccc(Cl)cc34)CC2)cc1. The van der Waals surface area contributed by atoms with Crippen molar-refractivity contribution in [2.75, 3.05) is 38.2 Å². The lowest BCUT2D eigenvalue weighted by Gasteiger charge is -2.36. The molecule has 0 radical (unpaired) electrons. The van der Waals surface area contributed by atoms with Gasteiger partial charge in [0.25, 0.3) is 5.91 Å². The van der Waals surface area contributed by atoms with Crippen LogP contribution in [0, 0.1) is 0 Å². The summed E-state index contributed by atoms with van der Waals surface area (Å²) >= 11 is 6.09. The molecule has 1 aromatic heterocycles. The number of methoxy groups -OCH3 is 1. The molecule has 2 heterocycles. The van der Waals surface area contributed by atoms with Gasteiger partial charge in [-0.25, -0.2) is 0 Å². The first-order valence-corrected chi connectivity index (χ1v) is 8.98. The molecule has 0 atom stereocenters. The summed E-state index contributed by atoms with van der Waals surface area (Å²) in [6.45, 7) is 3.00. The number of anilines is 1. The fourth-order valence-corrected chi connectivity index (χ4v) is 3.57. The molecular formula is C20H20ClN3O2. The van der Waals surface area contributed by atoms with Crippen LogP contribution in [0.4, 0.5) is 5.69 Å². The minimum atomic E-state index is 0.0490. The molecule has 0 saturated carbocycles. The van der Waals surface area contributed by atoms with Crippen molar-refractivity contribution in [2.24, 2.45) is 0 Å². The Morgan fingerprint density at radius 1 is 1.08 bits per heavy atom. The normalized spacial score (nSPS) is 14.7. The lowest BCUT2D eigenvalue weighted by molar-refractivity contribution is 0.0749. The van der Waals surface area contributed by atoms with Crippen molar-refractivity contribution in [2.45, 2.75) is 0 Å². The van der Waals surface area contributed by atoms with E-state index in [2.05, 4.69) is 22.0 Å². The summed E-state index contributed by atoms with van der Waals surface area (Å²) in [5, 5.41) is 1.51. The van der Waals surface area contributed by atoms with E-state index in [1.165, 1.54) is 0 Å². The smallest absolute Gasteiger partial charge is 0.256 e. The Morgan fingerprint density at radius 3 is 2.50 bits per heavy atom. The Morgan fingerprint density at radius 2 is 1.81 bits per heavy atom. The van der Waals surface area contributed by atoms with E-state index in [1.807, 2.05) is 35.2 Å². The molecule has 0 aliphatic carbocycles. The van der Waals surface area contributed by atoms with Crippen LogP contribution in [0.5, 0.6) is 5.75 Å². The number of H-pyrrole nitrogens is 1. The first-order chi connectivity index (χ1) is 12.7. The number of nitrogens with zero attached hydrogens (tertiary/aromatic N) is 2. The molecule has 134 valence electrons. The van der Waals surface area contributed by atoms with Gasteiger partial charge in [0.05, 0.1) is 12.7 Å². The second kappa shape index (κ2) is 6.92. The van der Waals surface area contributed by atoms with Gasteiger partial charge in [-0.05, 0) is 42.5 Å². The van der Waals surface area contributed by atoms with Crippen molar-refractivity contribution in [1.82, 2.24) is 9.88 Å². The van der Waals surface area contributed by atoms with Crippen LogP contribution < -0.4 is 9.64 Å². The lowest BCUT2D eigenvalue weighted by atomic mass is 10.1. The van der Waals surface area contributed by atoms with E-state index in [4.69, 9.17) is 16.3 Å². The highest BCUT2D eigenvalue weighted by Gasteiger charge is 2.24. The molecule has 4 rings (SSSR count). The van der Waals surface area contributed by atoms with Crippen molar-refractivity contribution in [3.05, 3.63) is 59.2 Å². The van der Waals surface area contributed by atoms with E-state index in [1.54, 1.807) is 13.3 Å². The van der Waals surface area contributed by atoms with E-state index in [-0.39, 0.29) is 5.91 Å². The van der Waals surface area contributed by atoms with Gasteiger partial charge in [-0.15, -0.1) is 0 Å². The van der Waals surface area contributed by atoms with Crippen LogP contribution in [0.15, 0.2) is 48.7 Å². The summed E-state index contributed by atoms with van der Waals surface area (Å²) in [6.07, 6.45) is 1.78. The van der Waals surface area contributed by atoms with Crippen LogP contribution in [-0.4, -0.2) is 49.1 Å². The number of rotatable bonds is 3. The molecule has 26 heavy (non-hydrogen) atoms. The molecule has 1 aliphatic heterocycles. The molecule has 2 aromatic carbocycles. The van der Waals surface area contributed by atoms with E-state index < -0.39 is 0 Å². The Labute approximate surface area is 157 Å². The topological polar surface area (TPSA) is 48.6 Å². The van der Waals surface area contributed by atoms with Gasteiger partial charge in [-0.3, -0.25) is 4.79 Å². The van der Waals surface area contributed by atoms with Gasteiger partial charge in [-0.1, -0.05) is 11.6 Å². The van der Waals surface area contributed by atoms with Crippen molar-refractivity contribution >= 4 is 34.1 Å². The number of hydrogen-bond acceptors (Lipinski definition) is 3. The van der Waals surface area contributed by atoms with Crippen molar-refractivity contribution in [1.29, 1.82) is 0 Å². The molecule has 1 saturated heterocycles. The summed E-state index contributed by atoms with van der Waals surface area (Å²) < 4.78 is 5.21. The minimum absolute atomic E-state index is 0.0490. The third-order valence-electron chi connectivity index (χ3n) is 4.88. The number of nitrogens with one attached hydrogen (secondary N) is 1. The summed E-state index contributed by atoms with van der Waals surface area (Å²) in [5.74, 6) is 0.897. The number of piperazine rings is 1. The zero-order valence-electron chi connectivity index (χ0n) is 14.5. The maximum atomic E-state index is 12.9. The Hall–Kier alpha value is -2.66.